The second-order valence-electron chi connectivity index (χ2n) is 7.42. The van der Waals surface area contributed by atoms with Crippen LogP contribution in [0.3, 0.4) is 0 Å². The summed E-state index contributed by atoms with van der Waals surface area (Å²) in [5.41, 5.74) is 1.53. The molecule has 0 radical (unpaired) electrons. The number of pyridine rings is 1. The summed E-state index contributed by atoms with van der Waals surface area (Å²) in [6.07, 6.45) is 4.68. The van der Waals surface area contributed by atoms with Gasteiger partial charge in [-0.3, -0.25) is 4.79 Å². The summed E-state index contributed by atoms with van der Waals surface area (Å²) in [6, 6.07) is 17.7. The number of nitrogens with zero attached hydrogens (tertiary/aromatic N) is 1. The first-order chi connectivity index (χ1) is 13.6. The molecule has 0 saturated heterocycles. The number of aromatic nitrogens is 1. The van der Waals surface area contributed by atoms with Crippen LogP contribution in [0.4, 0.5) is 0 Å². The van der Waals surface area contributed by atoms with Crippen molar-refractivity contribution >= 4 is 40.2 Å². The molecule has 1 heterocycles. The standard InChI is InChI=1S/C23H23ClN2OS/c1-15-6-2-4-8-20(15)26-23(27)19-14-22(25-21-9-5-3-7-18(19)21)28-17-12-10-16(24)11-13-17/h3,5,7,9-15,20H,2,4,6,8H2,1H3,(H,26,27)/t15-,20-/m0/s1. The number of amides is 1. The molecule has 1 saturated carbocycles. The second-order valence-corrected chi connectivity index (χ2v) is 8.95. The van der Waals surface area contributed by atoms with Crippen molar-refractivity contribution < 1.29 is 4.79 Å². The Balaban J connectivity index is 1.65. The van der Waals surface area contributed by atoms with Crippen molar-refractivity contribution in [1.82, 2.24) is 10.3 Å². The van der Waals surface area contributed by atoms with E-state index < -0.39 is 0 Å². The Morgan fingerprint density at radius 1 is 1.11 bits per heavy atom. The highest BCUT2D eigenvalue weighted by atomic mass is 35.5. The Labute approximate surface area is 174 Å². The monoisotopic (exact) mass is 410 g/mol. The Hall–Kier alpha value is -2.04. The van der Waals surface area contributed by atoms with Crippen LogP contribution in [-0.4, -0.2) is 16.9 Å². The molecule has 144 valence electrons. The molecule has 1 aliphatic carbocycles. The molecule has 4 rings (SSSR count). The molecule has 1 fully saturated rings. The SMILES string of the molecule is C[C@H]1CCCC[C@@H]1NC(=O)c1cc(Sc2ccc(Cl)cc2)nc2ccccc12. The number of carbonyl (C=O) groups excluding carboxylic acids is 1. The van der Waals surface area contributed by atoms with Gasteiger partial charge in [0.05, 0.1) is 11.1 Å². The van der Waals surface area contributed by atoms with Gasteiger partial charge in [0, 0.05) is 21.3 Å². The van der Waals surface area contributed by atoms with Crippen molar-refractivity contribution in [2.75, 3.05) is 0 Å². The third-order valence-electron chi connectivity index (χ3n) is 5.40. The van der Waals surface area contributed by atoms with Gasteiger partial charge in [0.25, 0.3) is 5.91 Å². The zero-order chi connectivity index (χ0) is 19.5. The summed E-state index contributed by atoms with van der Waals surface area (Å²) < 4.78 is 0. The molecule has 3 aromatic rings. The minimum Gasteiger partial charge on any atom is -0.349 e. The smallest absolute Gasteiger partial charge is 0.252 e. The maximum atomic E-state index is 13.2. The minimum atomic E-state index is -0.00435. The number of benzene rings is 2. The summed E-state index contributed by atoms with van der Waals surface area (Å²) in [5, 5.41) is 5.69. The number of para-hydroxylation sites is 1. The molecular weight excluding hydrogens is 388 g/mol. The fourth-order valence-electron chi connectivity index (χ4n) is 3.79. The highest BCUT2D eigenvalue weighted by molar-refractivity contribution is 7.99. The van der Waals surface area contributed by atoms with Crippen molar-refractivity contribution in [2.45, 2.75) is 48.6 Å². The van der Waals surface area contributed by atoms with Crippen molar-refractivity contribution in [1.29, 1.82) is 0 Å². The van der Waals surface area contributed by atoms with Gasteiger partial charge < -0.3 is 5.32 Å². The van der Waals surface area contributed by atoms with Crippen LogP contribution in [-0.2, 0) is 0 Å². The normalized spacial score (nSPS) is 19.5. The molecule has 1 amide bonds. The van der Waals surface area contributed by atoms with Gasteiger partial charge in [0.1, 0.15) is 5.03 Å². The summed E-state index contributed by atoms with van der Waals surface area (Å²) in [7, 11) is 0. The maximum Gasteiger partial charge on any atom is 0.252 e. The van der Waals surface area contributed by atoms with Gasteiger partial charge in [-0.1, -0.05) is 61.3 Å². The van der Waals surface area contributed by atoms with Crippen LogP contribution in [0.25, 0.3) is 10.9 Å². The fourth-order valence-corrected chi connectivity index (χ4v) is 4.75. The van der Waals surface area contributed by atoms with E-state index >= 15 is 0 Å². The third-order valence-corrected chi connectivity index (χ3v) is 6.58. The van der Waals surface area contributed by atoms with E-state index in [1.54, 1.807) is 0 Å². The number of nitrogens with one attached hydrogen (secondary N) is 1. The molecular formula is C23H23ClN2OS. The van der Waals surface area contributed by atoms with Crippen LogP contribution >= 0.6 is 23.4 Å². The Bertz CT molecular complexity index is 990. The highest BCUT2D eigenvalue weighted by Gasteiger charge is 2.24. The topological polar surface area (TPSA) is 42.0 Å². The number of halogens is 1. The third kappa shape index (κ3) is 4.34. The van der Waals surface area contributed by atoms with Crippen LogP contribution < -0.4 is 5.32 Å². The molecule has 1 aliphatic rings. The van der Waals surface area contributed by atoms with E-state index in [0.717, 1.165) is 27.2 Å². The molecule has 28 heavy (non-hydrogen) atoms. The average molecular weight is 411 g/mol. The van der Waals surface area contributed by atoms with E-state index in [0.29, 0.717) is 16.5 Å². The molecule has 2 aromatic carbocycles. The first-order valence-electron chi connectivity index (χ1n) is 9.74. The van der Waals surface area contributed by atoms with E-state index in [2.05, 4.69) is 12.2 Å². The van der Waals surface area contributed by atoms with Gasteiger partial charge >= 0.3 is 0 Å². The zero-order valence-electron chi connectivity index (χ0n) is 15.8. The molecule has 3 nitrogen and oxygen atoms in total. The van der Waals surface area contributed by atoms with E-state index in [4.69, 9.17) is 16.6 Å². The van der Waals surface area contributed by atoms with Crippen molar-refractivity contribution in [3.05, 3.63) is 65.2 Å². The van der Waals surface area contributed by atoms with Crippen LogP contribution in [0.2, 0.25) is 5.02 Å². The number of carbonyl (C=O) groups is 1. The summed E-state index contributed by atoms with van der Waals surface area (Å²) in [5.74, 6) is 0.518. The van der Waals surface area contributed by atoms with E-state index in [9.17, 15) is 4.79 Å². The molecule has 0 spiro atoms. The van der Waals surface area contributed by atoms with Crippen LogP contribution in [0.1, 0.15) is 43.0 Å². The largest absolute Gasteiger partial charge is 0.349 e. The number of hydrogen-bond acceptors (Lipinski definition) is 3. The van der Waals surface area contributed by atoms with E-state index in [-0.39, 0.29) is 11.9 Å². The van der Waals surface area contributed by atoms with Crippen LogP contribution in [0.5, 0.6) is 0 Å². The first-order valence-corrected chi connectivity index (χ1v) is 10.9. The van der Waals surface area contributed by atoms with Gasteiger partial charge in [0.15, 0.2) is 0 Å². The summed E-state index contributed by atoms with van der Waals surface area (Å²) in [6.45, 7) is 2.23. The van der Waals surface area contributed by atoms with Gasteiger partial charge in [-0.05, 0) is 55.2 Å². The number of rotatable bonds is 4. The second kappa shape index (κ2) is 8.54. The quantitative estimate of drug-likeness (QED) is 0.545. The number of fused-ring (bicyclic) bond motifs is 1. The van der Waals surface area contributed by atoms with Crippen molar-refractivity contribution in [3.8, 4) is 0 Å². The Kier molecular flexibility index (Phi) is 5.88. The van der Waals surface area contributed by atoms with Crippen LogP contribution in [0, 0.1) is 5.92 Å². The lowest BCUT2D eigenvalue weighted by Crippen LogP contribution is -2.41. The predicted octanol–water partition coefficient (Wildman–Crippen LogP) is 6.35. The van der Waals surface area contributed by atoms with Gasteiger partial charge in [-0.15, -0.1) is 0 Å². The lowest BCUT2D eigenvalue weighted by Gasteiger charge is -2.29. The zero-order valence-corrected chi connectivity index (χ0v) is 17.4. The lowest BCUT2D eigenvalue weighted by molar-refractivity contribution is 0.0911. The van der Waals surface area contributed by atoms with E-state index in [1.807, 2.05) is 54.6 Å². The molecule has 5 heteroatoms. The predicted molar refractivity (Wildman–Crippen MR) is 116 cm³/mol. The fraction of sp³-hybridized carbons (Fsp3) is 0.304. The van der Waals surface area contributed by atoms with Gasteiger partial charge in [-0.25, -0.2) is 4.98 Å². The lowest BCUT2D eigenvalue weighted by atomic mass is 9.86. The molecule has 2 atom stereocenters. The Morgan fingerprint density at radius 3 is 2.64 bits per heavy atom. The van der Waals surface area contributed by atoms with Crippen LogP contribution in [0.15, 0.2) is 64.5 Å². The molecule has 1 aromatic heterocycles. The highest BCUT2D eigenvalue weighted by Crippen LogP contribution is 2.31. The molecule has 0 unspecified atom stereocenters. The summed E-state index contributed by atoms with van der Waals surface area (Å²) >= 11 is 7.53. The minimum absolute atomic E-state index is 0.00435. The Morgan fingerprint density at radius 2 is 1.86 bits per heavy atom. The molecule has 0 aliphatic heterocycles. The first kappa shape index (κ1) is 19.3. The van der Waals surface area contributed by atoms with Gasteiger partial charge in [-0.2, -0.15) is 0 Å². The molecule has 0 bridgehead atoms. The van der Waals surface area contributed by atoms with Crippen molar-refractivity contribution in [3.63, 3.8) is 0 Å². The van der Waals surface area contributed by atoms with E-state index in [1.165, 1.54) is 31.0 Å². The summed E-state index contributed by atoms with van der Waals surface area (Å²) in [4.78, 5) is 18.9. The van der Waals surface area contributed by atoms with Crippen molar-refractivity contribution in [2.24, 2.45) is 5.92 Å². The maximum absolute atomic E-state index is 13.2. The average Bonchev–Trinajstić information content (AvgIpc) is 2.71. The number of hydrogen-bond donors (Lipinski definition) is 1. The van der Waals surface area contributed by atoms with Gasteiger partial charge in [0.2, 0.25) is 0 Å². The molecule has 1 N–H and O–H groups in total.